The van der Waals surface area contributed by atoms with E-state index in [4.69, 9.17) is 5.11 Å². The largest absolute Gasteiger partial charge is 0.396 e. The lowest BCUT2D eigenvalue weighted by molar-refractivity contribution is -0.196. The monoisotopic (exact) mass is 293 g/mol. The first kappa shape index (κ1) is 14.5. The van der Waals surface area contributed by atoms with Crippen LogP contribution in [0, 0.1) is 23.2 Å². The van der Waals surface area contributed by atoms with Gasteiger partial charge in [-0.25, -0.2) is 0 Å². The van der Waals surface area contributed by atoms with E-state index >= 15 is 0 Å². The van der Waals surface area contributed by atoms with E-state index in [2.05, 4.69) is 4.90 Å². The van der Waals surface area contributed by atoms with Gasteiger partial charge in [-0.15, -0.1) is 0 Å². The first-order valence-electron chi connectivity index (χ1n) is 9.18. The Morgan fingerprint density at radius 1 is 0.905 bits per heavy atom. The highest BCUT2D eigenvalue weighted by atomic mass is 16.3. The molecule has 4 bridgehead atoms. The summed E-state index contributed by atoms with van der Waals surface area (Å²) in [5.74, 6) is 2.77. The van der Waals surface area contributed by atoms with Crippen molar-refractivity contribution in [1.29, 1.82) is 0 Å². The average Bonchev–Trinajstić information content (AvgIpc) is 2.45. The van der Waals surface area contributed by atoms with Gasteiger partial charge in [-0.3, -0.25) is 0 Å². The second-order valence-corrected chi connectivity index (χ2v) is 8.65. The first-order chi connectivity index (χ1) is 10.1. The Morgan fingerprint density at radius 3 is 1.90 bits per heavy atom. The molecule has 0 aromatic rings. The zero-order chi connectivity index (χ0) is 14.5. The minimum atomic E-state index is -0.390. The third-order valence-corrected chi connectivity index (χ3v) is 7.34. The molecule has 1 aliphatic heterocycles. The number of nitrogens with zero attached hydrogens (tertiary/aromatic N) is 1. The molecule has 0 spiro atoms. The van der Waals surface area contributed by atoms with Gasteiger partial charge in [0.05, 0.1) is 5.60 Å². The Bertz CT molecular complexity index is 351. The summed E-state index contributed by atoms with van der Waals surface area (Å²) in [7, 11) is 0. The van der Waals surface area contributed by atoms with Crippen LogP contribution in [0.1, 0.15) is 57.8 Å². The van der Waals surface area contributed by atoms with Crippen LogP contribution in [0.2, 0.25) is 0 Å². The molecule has 5 rings (SSSR count). The summed E-state index contributed by atoms with van der Waals surface area (Å²) in [5.41, 5.74) is -0.121. The van der Waals surface area contributed by atoms with Crippen molar-refractivity contribution in [3.63, 3.8) is 0 Å². The molecule has 21 heavy (non-hydrogen) atoms. The number of aliphatic hydroxyl groups is 2. The van der Waals surface area contributed by atoms with Crippen LogP contribution in [0.25, 0.3) is 0 Å². The summed E-state index contributed by atoms with van der Waals surface area (Å²) in [6, 6.07) is 0. The van der Waals surface area contributed by atoms with Crippen LogP contribution >= 0.6 is 0 Å². The SMILES string of the molecule is OCCCN1CCC(O)(C23CC4CC(CC(C4)C2)C3)CC1. The van der Waals surface area contributed by atoms with Crippen molar-refractivity contribution < 1.29 is 10.2 Å². The second kappa shape index (κ2) is 5.21. The Hall–Kier alpha value is -0.120. The maximum Gasteiger partial charge on any atom is 0.0728 e. The normalized spacial score (nSPS) is 45.1. The van der Waals surface area contributed by atoms with Crippen LogP contribution in [0.5, 0.6) is 0 Å². The lowest BCUT2D eigenvalue weighted by Gasteiger charge is -2.63. The summed E-state index contributed by atoms with van der Waals surface area (Å²) in [5, 5.41) is 20.5. The molecule has 0 aromatic carbocycles. The average molecular weight is 293 g/mol. The quantitative estimate of drug-likeness (QED) is 0.836. The fraction of sp³-hybridized carbons (Fsp3) is 1.00. The molecule has 1 saturated heterocycles. The molecule has 5 fully saturated rings. The Labute approximate surface area is 128 Å². The second-order valence-electron chi connectivity index (χ2n) is 8.65. The molecule has 0 aromatic heterocycles. The standard InChI is InChI=1S/C18H31NO2/c20-7-1-4-19-5-2-18(21,3-6-19)17-11-14-8-15(12-17)10-16(9-14)13-17/h14-16,20-21H,1-13H2. The van der Waals surface area contributed by atoms with Crippen LogP contribution in [0.4, 0.5) is 0 Å². The molecular weight excluding hydrogens is 262 g/mol. The van der Waals surface area contributed by atoms with Gasteiger partial charge >= 0.3 is 0 Å². The number of hydrogen-bond donors (Lipinski definition) is 2. The minimum absolute atomic E-state index is 0.269. The third kappa shape index (κ3) is 2.36. The van der Waals surface area contributed by atoms with Gasteiger partial charge in [-0.1, -0.05) is 0 Å². The van der Waals surface area contributed by atoms with Crippen molar-refractivity contribution in [1.82, 2.24) is 4.90 Å². The fourth-order valence-corrected chi connectivity index (χ4v) is 6.65. The summed E-state index contributed by atoms with van der Waals surface area (Å²) in [6.45, 7) is 3.33. The van der Waals surface area contributed by atoms with Crippen molar-refractivity contribution in [3.8, 4) is 0 Å². The maximum atomic E-state index is 11.5. The van der Waals surface area contributed by atoms with Crippen LogP contribution in [0.15, 0.2) is 0 Å². The lowest BCUT2D eigenvalue weighted by Crippen LogP contribution is -2.61. The van der Waals surface area contributed by atoms with E-state index in [-0.39, 0.29) is 12.0 Å². The van der Waals surface area contributed by atoms with Gasteiger partial charge in [0, 0.05) is 31.7 Å². The van der Waals surface area contributed by atoms with E-state index in [1.165, 1.54) is 38.5 Å². The van der Waals surface area contributed by atoms with E-state index in [0.717, 1.165) is 56.7 Å². The number of hydrogen-bond acceptors (Lipinski definition) is 3. The van der Waals surface area contributed by atoms with Crippen molar-refractivity contribution in [2.75, 3.05) is 26.2 Å². The van der Waals surface area contributed by atoms with Gasteiger partial charge < -0.3 is 15.1 Å². The number of aliphatic hydroxyl groups excluding tert-OH is 1. The zero-order valence-electron chi connectivity index (χ0n) is 13.3. The van der Waals surface area contributed by atoms with Gasteiger partial charge in [-0.05, 0) is 75.5 Å². The van der Waals surface area contributed by atoms with Crippen molar-refractivity contribution in [2.24, 2.45) is 23.2 Å². The molecule has 120 valence electrons. The summed E-state index contributed by atoms with van der Waals surface area (Å²) in [6.07, 6.45) is 11.1. The molecule has 4 aliphatic carbocycles. The highest BCUT2D eigenvalue weighted by Gasteiger charge is 2.60. The Morgan fingerprint density at radius 2 is 1.43 bits per heavy atom. The highest BCUT2D eigenvalue weighted by Crippen LogP contribution is 2.65. The Balaban J connectivity index is 1.46. The molecule has 0 unspecified atom stereocenters. The number of piperidine rings is 1. The molecule has 4 saturated carbocycles. The lowest BCUT2D eigenvalue weighted by atomic mass is 9.44. The van der Waals surface area contributed by atoms with Crippen molar-refractivity contribution in [3.05, 3.63) is 0 Å². The topological polar surface area (TPSA) is 43.7 Å². The molecule has 0 radical (unpaired) electrons. The van der Waals surface area contributed by atoms with E-state index in [1.807, 2.05) is 0 Å². The van der Waals surface area contributed by atoms with Crippen LogP contribution in [0.3, 0.4) is 0 Å². The molecule has 5 aliphatic rings. The molecule has 3 heteroatoms. The van der Waals surface area contributed by atoms with E-state index in [0.29, 0.717) is 0 Å². The summed E-state index contributed by atoms with van der Waals surface area (Å²) < 4.78 is 0. The predicted octanol–water partition coefficient (Wildman–Crippen LogP) is 2.41. The zero-order valence-corrected chi connectivity index (χ0v) is 13.3. The minimum Gasteiger partial charge on any atom is -0.396 e. The summed E-state index contributed by atoms with van der Waals surface area (Å²) in [4.78, 5) is 2.44. The van der Waals surface area contributed by atoms with Gasteiger partial charge in [0.2, 0.25) is 0 Å². The molecular formula is C18H31NO2. The van der Waals surface area contributed by atoms with Crippen LogP contribution < -0.4 is 0 Å². The molecule has 3 nitrogen and oxygen atoms in total. The van der Waals surface area contributed by atoms with Crippen molar-refractivity contribution in [2.45, 2.75) is 63.4 Å². The van der Waals surface area contributed by atoms with E-state index < -0.39 is 5.60 Å². The van der Waals surface area contributed by atoms with Gasteiger partial charge in [0.1, 0.15) is 0 Å². The third-order valence-electron chi connectivity index (χ3n) is 7.34. The smallest absolute Gasteiger partial charge is 0.0728 e. The number of rotatable bonds is 4. The van der Waals surface area contributed by atoms with Crippen LogP contribution in [-0.2, 0) is 0 Å². The highest BCUT2D eigenvalue weighted by molar-refractivity contribution is 5.11. The van der Waals surface area contributed by atoms with E-state index in [1.54, 1.807) is 0 Å². The molecule has 2 N–H and O–H groups in total. The van der Waals surface area contributed by atoms with Gasteiger partial charge in [0.15, 0.2) is 0 Å². The summed E-state index contributed by atoms with van der Waals surface area (Å²) >= 11 is 0. The molecule has 0 amide bonds. The predicted molar refractivity (Wildman–Crippen MR) is 82.9 cm³/mol. The number of likely N-dealkylation sites (tertiary alicyclic amines) is 1. The van der Waals surface area contributed by atoms with Crippen LogP contribution in [-0.4, -0.2) is 47.0 Å². The van der Waals surface area contributed by atoms with E-state index in [9.17, 15) is 5.11 Å². The van der Waals surface area contributed by atoms with Crippen molar-refractivity contribution >= 4 is 0 Å². The maximum absolute atomic E-state index is 11.5. The Kier molecular flexibility index (Phi) is 3.59. The first-order valence-corrected chi connectivity index (χ1v) is 9.18. The molecule has 1 heterocycles. The van der Waals surface area contributed by atoms with Gasteiger partial charge in [0.25, 0.3) is 0 Å². The fourth-order valence-electron chi connectivity index (χ4n) is 6.65. The van der Waals surface area contributed by atoms with Gasteiger partial charge in [-0.2, -0.15) is 0 Å². The molecule has 0 atom stereocenters.